The van der Waals surface area contributed by atoms with Gasteiger partial charge in [0.1, 0.15) is 0 Å². The first-order valence-electron chi connectivity index (χ1n) is 5.79. The second-order valence-electron chi connectivity index (χ2n) is 4.87. The van der Waals surface area contributed by atoms with E-state index in [0.717, 1.165) is 24.2 Å². The van der Waals surface area contributed by atoms with Crippen molar-refractivity contribution >= 4 is 0 Å². The Bertz CT molecular complexity index is 202. The summed E-state index contributed by atoms with van der Waals surface area (Å²) in [6.45, 7) is 4.65. The monoisotopic (exact) mass is 193 g/mol. The van der Waals surface area contributed by atoms with Crippen LogP contribution in [0.5, 0.6) is 0 Å². The molecule has 14 heavy (non-hydrogen) atoms. The molecule has 1 fully saturated rings. The molecule has 0 amide bonds. The molecule has 1 aliphatic rings. The highest BCUT2D eigenvalue weighted by molar-refractivity contribution is 4.93. The number of hydrogen-bond donors (Lipinski definition) is 1. The molecule has 0 aliphatic heterocycles. The summed E-state index contributed by atoms with van der Waals surface area (Å²) in [4.78, 5) is 0. The molecule has 1 rings (SSSR count). The van der Waals surface area contributed by atoms with Crippen LogP contribution in [0.1, 0.15) is 39.5 Å². The molecule has 1 N–H and O–H groups in total. The van der Waals surface area contributed by atoms with Gasteiger partial charge in [-0.05, 0) is 44.1 Å². The van der Waals surface area contributed by atoms with Crippen molar-refractivity contribution in [2.45, 2.75) is 45.6 Å². The van der Waals surface area contributed by atoms with Gasteiger partial charge in [0, 0.05) is 12.5 Å². The Morgan fingerprint density at radius 3 is 2.64 bits per heavy atom. The zero-order chi connectivity index (χ0) is 10.6. The third kappa shape index (κ3) is 2.75. The third-order valence-electron chi connectivity index (χ3n) is 3.69. The molecule has 0 heterocycles. The van der Waals surface area contributed by atoms with Crippen LogP contribution in [0.2, 0.25) is 0 Å². The second-order valence-corrected chi connectivity index (χ2v) is 4.87. The smallest absolute Gasteiger partial charge is 0.0118 e. The van der Waals surface area contributed by atoms with Crippen LogP contribution in [0.4, 0.5) is 0 Å². The van der Waals surface area contributed by atoms with Crippen LogP contribution in [0.3, 0.4) is 0 Å². The number of nitrogens with one attached hydrogen (secondary N) is 1. The molecule has 0 aromatic carbocycles. The average Bonchev–Trinajstić information content (AvgIpc) is 2.17. The van der Waals surface area contributed by atoms with E-state index in [1.165, 1.54) is 19.3 Å². The lowest BCUT2D eigenvalue weighted by atomic mass is 9.70. The Kier molecular flexibility index (Phi) is 4.48. The highest BCUT2D eigenvalue weighted by Crippen LogP contribution is 2.36. The topological polar surface area (TPSA) is 12.0 Å². The van der Waals surface area contributed by atoms with Gasteiger partial charge in [-0.15, -0.1) is 12.3 Å². The molecular formula is C13H23N. The summed E-state index contributed by atoms with van der Waals surface area (Å²) in [6, 6.07) is 0.698. The van der Waals surface area contributed by atoms with E-state index in [9.17, 15) is 0 Å². The lowest BCUT2D eigenvalue weighted by Crippen LogP contribution is -2.37. The first-order chi connectivity index (χ1) is 6.69. The van der Waals surface area contributed by atoms with Gasteiger partial charge in [0.25, 0.3) is 0 Å². The van der Waals surface area contributed by atoms with Gasteiger partial charge in [0.05, 0.1) is 0 Å². The van der Waals surface area contributed by atoms with E-state index in [4.69, 9.17) is 6.42 Å². The Morgan fingerprint density at radius 1 is 1.43 bits per heavy atom. The number of hydrogen-bond acceptors (Lipinski definition) is 1. The van der Waals surface area contributed by atoms with Gasteiger partial charge in [-0.1, -0.05) is 13.8 Å². The quantitative estimate of drug-likeness (QED) is 0.680. The minimum atomic E-state index is 0.698. The Labute approximate surface area is 88.7 Å². The van der Waals surface area contributed by atoms with E-state index in [2.05, 4.69) is 32.1 Å². The lowest BCUT2D eigenvalue weighted by molar-refractivity contribution is 0.158. The second kappa shape index (κ2) is 5.41. The SMILES string of the molecule is C#CCC1CC(NC)CCC1C(C)C. The van der Waals surface area contributed by atoms with Crippen LogP contribution < -0.4 is 5.32 Å². The van der Waals surface area contributed by atoms with Gasteiger partial charge in [0.2, 0.25) is 0 Å². The molecule has 3 atom stereocenters. The molecule has 0 spiro atoms. The summed E-state index contributed by atoms with van der Waals surface area (Å²) in [5, 5.41) is 3.38. The molecule has 1 aliphatic carbocycles. The summed E-state index contributed by atoms with van der Waals surface area (Å²) in [5.41, 5.74) is 0. The van der Waals surface area contributed by atoms with Gasteiger partial charge in [-0.2, -0.15) is 0 Å². The van der Waals surface area contributed by atoms with Crippen LogP contribution in [0.15, 0.2) is 0 Å². The van der Waals surface area contributed by atoms with Crippen molar-refractivity contribution in [3.63, 3.8) is 0 Å². The Hall–Kier alpha value is -0.480. The van der Waals surface area contributed by atoms with Gasteiger partial charge in [-0.3, -0.25) is 0 Å². The van der Waals surface area contributed by atoms with Crippen LogP contribution >= 0.6 is 0 Å². The maximum Gasteiger partial charge on any atom is 0.0118 e. The summed E-state index contributed by atoms with van der Waals surface area (Å²) >= 11 is 0. The summed E-state index contributed by atoms with van der Waals surface area (Å²) in [5.74, 6) is 5.21. The van der Waals surface area contributed by atoms with Crippen LogP contribution in [-0.2, 0) is 0 Å². The van der Waals surface area contributed by atoms with Crippen molar-refractivity contribution in [2.75, 3.05) is 7.05 Å². The van der Waals surface area contributed by atoms with Crippen molar-refractivity contribution < 1.29 is 0 Å². The maximum atomic E-state index is 5.44. The minimum Gasteiger partial charge on any atom is -0.317 e. The predicted molar refractivity (Wildman–Crippen MR) is 62.0 cm³/mol. The molecule has 3 unspecified atom stereocenters. The van der Waals surface area contributed by atoms with E-state index >= 15 is 0 Å². The predicted octanol–water partition coefficient (Wildman–Crippen LogP) is 2.67. The van der Waals surface area contributed by atoms with Crippen molar-refractivity contribution in [2.24, 2.45) is 17.8 Å². The summed E-state index contributed by atoms with van der Waals surface area (Å²) in [6.07, 6.45) is 10.3. The molecule has 0 aromatic heterocycles. The standard InChI is InChI=1S/C13H23N/c1-5-6-11-9-12(14-4)7-8-13(11)10(2)3/h1,10-14H,6-9H2,2-4H3. The molecule has 80 valence electrons. The largest absolute Gasteiger partial charge is 0.317 e. The zero-order valence-corrected chi connectivity index (χ0v) is 9.72. The lowest BCUT2D eigenvalue weighted by Gasteiger charge is -2.37. The van der Waals surface area contributed by atoms with E-state index < -0.39 is 0 Å². The number of terminal acetylenes is 1. The summed E-state index contributed by atoms with van der Waals surface area (Å²) in [7, 11) is 2.06. The molecule has 1 heteroatoms. The molecule has 0 saturated heterocycles. The van der Waals surface area contributed by atoms with Gasteiger partial charge in [0.15, 0.2) is 0 Å². The third-order valence-corrected chi connectivity index (χ3v) is 3.69. The normalized spacial score (nSPS) is 32.9. The highest BCUT2D eigenvalue weighted by Gasteiger charge is 2.30. The Morgan fingerprint density at radius 2 is 2.14 bits per heavy atom. The maximum absolute atomic E-state index is 5.44. The van der Waals surface area contributed by atoms with E-state index in [1.54, 1.807) is 0 Å². The summed E-state index contributed by atoms with van der Waals surface area (Å²) < 4.78 is 0. The molecule has 1 nitrogen and oxygen atoms in total. The molecular weight excluding hydrogens is 170 g/mol. The van der Waals surface area contributed by atoms with Crippen LogP contribution in [0.25, 0.3) is 0 Å². The zero-order valence-electron chi connectivity index (χ0n) is 9.72. The van der Waals surface area contributed by atoms with Crippen molar-refractivity contribution in [1.29, 1.82) is 0 Å². The van der Waals surface area contributed by atoms with E-state index in [1.807, 2.05) is 0 Å². The fraction of sp³-hybridized carbons (Fsp3) is 0.846. The van der Waals surface area contributed by atoms with Gasteiger partial charge >= 0.3 is 0 Å². The van der Waals surface area contributed by atoms with Crippen LogP contribution in [-0.4, -0.2) is 13.1 Å². The first-order valence-corrected chi connectivity index (χ1v) is 5.79. The highest BCUT2D eigenvalue weighted by atomic mass is 14.9. The molecule has 0 radical (unpaired) electrons. The Balaban J connectivity index is 2.56. The fourth-order valence-corrected chi connectivity index (χ4v) is 2.81. The molecule has 0 aromatic rings. The van der Waals surface area contributed by atoms with Crippen molar-refractivity contribution in [3.8, 4) is 12.3 Å². The van der Waals surface area contributed by atoms with Crippen LogP contribution in [0, 0.1) is 30.1 Å². The van der Waals surface area contributed by atoms with E-state index in [0.29, 0.717) is 6.04 Å². The number of rotatable bonds is 3. The molecule has 1 saturated carbocycles. The fourth-order valence-electron chi connectivity index (χ4n) is 2.81. The first kappa shape index (κ1) is 11.6. The molecule has 0 bridgehead atoms. The minimum absolute atomic E-state index is 0.698. The van der Waals surface area contributed by atoms with E-state index in [-0.39, 0.29) is 0 Å². The van der Waals surface area contributed by atoms with Crippen molar-refractivity contribution in [3.05, 3.63) is 0 Å². The van der Waals surface area contributed by atoms with Gasteiger partial charge < -0.3 is 5.32 Å². The van der Waals surface area contributed by atoms with Crippen molar-refractivity contribution in [1.82, 2.24) is 5.32 Å². The average molecular weight is 193 g/mol. The van der Waals surface area contributed by atoms with Gasteiger partial charge in [-0.25, -0.2) is 0 Å².